The van der Waals surface area contributed by atoms with Crippen LogP contribution in [-0.2, 0) is 20.4 Å². The molecule has 0 spiro atoms. The van der Waals surface area contributed by atoms with Gasteiger partial charge in [-0.2, -0.15) is 13.2 Å². The minimum Gasteiger partial charge on any atom is -0.466 e. The number of benzene rings is 2. The van der Waals surface area contributed by atoms with Gasteiger partial charge in [-0.1, -0.05) is 31.2 Å². The monoisotopic (exact) mass is 490 g/mol. The fourth-order valence-electron chi connectivity index (χ4n) is 4.15. The predicted octanol–water partition coefficient (Wildman–Crippen LogP) is 7.64. The number of carbonyl (C=O) groups excluding carboxylic acids is 1. The zero-order valence-electron chi connectivity index (χ0n) is 20.0. The number of cyclic esters (lactones) is 1. The molecule has 1 heterocycles. The number of ether oxygens (including phenoxy) is 2. The molecule has 0 bridgehead atoms. The molecule has 2 atom stereocenters. The van der Waals surface area contributed by atoms with E-state index in [2.05, 4.69) is 6.58 Å². The normalized spacial score (nSPS) is 17.4. The first-order valence-corrected chi connectivity index (χ1v) is 12.0. The molecular formula is C27H29F3O3S. The van der Waals surface area contributed by atoms with E-state index in [1.54, 1.807) is 6.92 Å². The summed E-state index contributed by atoms with van der Waals surface area (Å²) in [6, 6.07) is 9.13. The van der Waals surface area contributed by atoms with Crippen LogP contribution >= 0.6 is 11.8 Å². The first-order valence-electron chi connectivity index (χ1n) is 11.0. The van der Waals surface area contributed by atoms with Crippen LogP contribution in [0.3, 0.4) is 0 Å². The number of halogens is 3. The Kier molecular flexibility index (Phi) is 7.86. The van der Waals surface area contributed by atoms with Gasteiger partial charge in [0.2, 0.25) is 0 Å². The molecule has 0 aliphatic carbocycles. The van der Waals surface area contributed by atoms with Crippen molar-refractivity contribution in [3.05, 3.63) is 82.3 Å². The Morgan fingerprint density at radius 1 is 1.18 bits per heavy atom. The van der Waals surface area contributed by atoms with Gasteiger partial charge in [0, 0.05) is 23.0 Å². The summed E-state index contributed by atoms with van der Waals surface area (Å²) in [5.74, 6) is 1.10. The molecule has 0 N–H and O–H groups in total. The highest BCUT2D eigenvalue weighted by molar-refractivity contribution is 7.99. The van der Waals surface area contributed by atoms with Crippen molar-refractivity contribution >= 4 is 23.3 Å². The number of carbonyl (C=O) groups is 1. The standard InChI is InChI=1S/C27H29F3O3S/c1-15(2)32-23-13-22(19(6)14-34-21-9-7-20(8-10-21)27(28,29)30)33-26(31)25(23)24-17(4)11-16(3)12-18(24)5/h7-12,19,22H,1,13-14H2,2-6H3. The molecule has 34 heavy (non-hydrogen) atoms. The molecule has 3 nitrogen and oxygen atoms in total. The molecule has 0 saturated carbocycles. The Labute approximate surface area is 203 Å². The van der Waals surface area contributed by atoms with Crippen molar-refractivity contribution in [1.82, 2.24) is 0 Å². The van der Waals surface area contributed by atoms with Gasteiger partial charge in [-0.05, 0) is 68.7 Å². The van der Waals surface area contributed by atoms with Gasteiger partial charge in [0.1, 0.15) is 17.4 Å². The van der Waals surface area contributed by atoms with Crippen molar-refractivity contribution in [3.63, 3.8) is 0 Å². The van der Waals surface area contributed by atoms with Crippen molar-refractivity contribution in [2.75, 3.05) is 5.75 Å². The van der Waals surface area contributed by atoms with Gasteiger partial charge < -0.3 is 9.47 Å². The first kappa shape index (κ1) is 25.9. The van der Waals surface area contributed by atoms with Gasteiger partial charge in [0.25, 0.3) is 0 Å². The molecule has 1 aliphatic heterocycles. The second-order valence-corrected chi connectivity index (χ2v) is 9.93. The van der Waals surface area contributed by atoms with Gasteiger partial charge in [-0.15, -0.1) is 11.8 Å². The Hall–Kier alpha value is -2.67. The van der Waals surface area contributed by atoms with Crippen molar-refractivity contribution in [1.29, 1.82) is 0 Å². The lowest BCUT2D eigenvalue weighted by atomic mass is 9.89. The highest BCUT2D eigenvalue weighted by Gasteiger charge is 2.36. The van der Waals surface area contributed by atoms with Crippen LogP contribution in [0.1, 0.15) is 48.1 Å². The quantitative estimate of drug-likeness (QED) is 0.227. The molecule has 0 fully saturated rings. The number of hydrogen-bond acceptors (Lipinski definition) is 4. The Bertz CT molecular complexity index is 1090. The van der Waals surface area contributed by atoms with E-state index in [1.165, 1.54) is 23.9 Å². The third kappa shape index (κ3) is 6.06. The number of esters is 1. The maximum Gasteiger partial charge on any atom is 0.416 e. The molecule has 0 aromatic heterocycles. The average Bonchev–Trinajstić information content (AvgIpc) is 2.72. The van der Waals surface area contributed by atoms with E-state index in [9.17, 15) is 18.0 Å². The molecule has 0 amide bonds. The van der Waals surface area contributed by atoms with Gasteiger partial charge in [0.15, 0.2) is 0 Å². The molecule has 7 heteroatoms. The Morgan fingerprint density at radius 3 is 2.29 bits per heavy atom. The van der Waals surface area contributed by atoms with E-state index in [1.807, 2.05) is 39.8 Å². The van der Waals surface area contributed by atoms with Gasteiger partial charge in [0.05, 0.1) is 11.3 Å². The molecule has 182 valence electrons. The van der Waals surface area contributed by atoms with Crippen LogP contribution in [0.25, 0.3) is 5.57 Å². The lowest BCUT2D eigenvalue weighted by molar-refractivity contribution is -0.146. The molecular weight excluding hydrogens is 461 g/mol. The van der Waals surface area contributed by atoms with Gasteiger partial charge in [-0.25, -0.2) is 4.79 Å². The summed E-state index contributed by atoms with van der Waals surface area (Å²) in [5.41, 5.74) is 3.62. The van der Waals surface area contributed by atoms with Crippen molar-refractivity contribution in [2.24, 2.45) is 5.92 Å². The van der Waals surface area contributed by atoms with E-state index >= 15 is 0 Å². The zero-order chi connectivity index (χ0) is 25.2. The van der Waals surface area contributed by atoms with Crippen LogP contribution < -0.4 is 0 Å². The summed E-state index contributed by atoms with van der Waals surface area (Å²) in [6.45, 7) is 13.5. The largest absolute Gasteiger partial charge is 0.466 e. The third-order valence-electron chi connectivity index (χ3n) is 5.68. The number of allylic oxidation sites excluding steroid dienone is 1. The minimum absolute atomic E-state index is 0.0540. The van der Waals surface area contributed by atoms with Crippen LogP contribution in [0.2, 0.25) is 0 Å². The van der Waals surface area contributed by atoms with E-state index in [0.29, 0.717) is 29.3 Å². The smallest absolute Gasteiger partial charge is 0.416 e. The molecule has 3 rings (SSSR count). The van der Waals surface area contributed by atoms with Crippen LogP contribution in [0, 0.1) is 26.7 Å². The predicted molar refractivity (Wildman–Crippen MR) is 129 cm³/mol. The average molecular weight is 491 g/mol. The number of rotatable bonds is 7. The third-order valence-corrected chi connectivity index (χ3v) is 6.98. The lowest BCUT2D eigenvalue weighted by Crippen LogP contribution is -2.33. The van der Waals surface area contributed by atoms with Crippen molar-refractivity contribution in [2.45, 2.75) is 58.2 Å². The number of hydrogen-bond donors (Lipinski definition) is 0. The molecule has 2 unspecified atom stereocenters. The summed E-state index contributed by atoms with van der Waals surface area (Å²) < 4.78 is 50.1. The summed E-state index contributed by atoms with van der Waals surface area (Å²) >= 11 is 1.43. The highest BCUT2D eigenvalue weighted by atomic mass is 32.2. The van der Waals surface area contributed by atoms with Crippen molar-refractivity contribution in [3.8, 4) is 0 Å². The summed E-state index contributed by atoms with van der Waals surface area (Å²) in [5, 5.41) is 0. The lowest BCUT2D eigenvalue weighted by Gasteiger charge is -2.31. The zero-order valence-corrected chi connectivity index (χ0v) is 20.8. The van der Waals surface area contributed by atoms with Crippen molar-refractivity contribution < 1.29 is 27.4 Å². The van der Waals surface area contributed by atoms with E-state index in [-0.39, 0.29) is 5.92 Å². The fourth-order valence-corrected chi connectivity index (χ4v) is 5.15. The van der Waals surface area contributed by atoms with E-state index in [0.717, 1.165) is 39.3 Å². The highest BCUT2D eigenvalue weighted by Crippen LogP contribution is 2.38. The summed E-state index contributed by atoms with van der Waals surface area (Å²) in [6.07, 6.45) is -4.38. The molecule has 0 saturated heterocycles. The second-order valence-electron chi connectivity index (χ2n) is 8.83. The van der Waals surface area contributed by atoms with Gasteiger partial charge in [-0.3, -0.25) is 0 Å². The van der Waals surface area contributed by atoms with Crippen LogP contribution in [0.15, 0.2) is 59.4 Å². The molecule has 1 aliphatic rings. The van der Waals surface area contributed by atoms with E-state index < -0.39 is 23.8 Å². The fraction of sp³-hybridized carbons (Fsp3) is 0.370. The maximum atomic E-state index is 13.2. The topological polar surface area (TPSA) is 35.5 Å². The maximum absolute atomic E-state index is 13.2. The van der Waals surface area contributed by atoms with Crippen LogP contribution in [0.4, 0.5) is 13.2 Å². The summed E-state index contributed by atoms with van der Waals surface area (Å²) in [4.78, 5) is 13.9. The minimum atomic E-state index is -4.36. The Morgan fingerprint density at radius 2 is 1.76 bits per heavy atom. The first-order chi connectivity index (χ1) is 15.9. The van der Waals surface area contributed by atoms with E-state index in [4.69, 9.17) is 9.47 Å². The molecule has 0 radical (unpaired) electrons. The number of aryl methyl sites for hydroxylation is 3. The Balaban J connectivity index is 1.80. The van der Waals surface area contributed by atoms with Gasteiger partial charge >= 0.3 is 12.1 Å². The molecule has 2 aromatic rings. The number of thioether (sulfide) groups is 1. The number of alkyl halides is 3. The second kappa shape index (κ2) is 10.3. The molecule has 2 aromatic carbocycles. The SMILES string of the molecule is C=C(C)OC1=C(c2c(C)cc(C)cc2C)C(=O)OC(C(C)CSc2ccc(C(F)(F)F)cc2)C1. The summed E-state index contributed by atoms with van der Waals surface area (Å²) in [7, 11) is 0. The van der Waals surface area contributed by atoms with Crippen LogP contribution in [0.5, 0.6) is 0 Å². The van der Waals surface area contributed by atoms with Crippen LogP contribution in [-0.4, -0.2) is 17.8 Å².